The normalized spacial score (nSPS) is 14.0. The Balaban J connectivity index is 1.81. The summed E-state index contributed by atoms with van der Waals surface area (Å²) in [6, 6.07) is 9.24. The highest BCUT2D eigenvalue weighted by Gasteiger charge is 2.28. The Bertz CT molecular complexity index is 767. The number of carbonyl (C=O) groups is 2. The van der Waals surface area contributed by atoms with Gasteiger partial charge in [0.1, 0.15) is 6.04 Å². The third kappa shape index (κ3) is 3.57. The van der Waals surface area contributed by atoms with Crippen LogP contribution in [0.1, 0.15) is 48.4 Å². The number of para-hydroxylation sites is 1. The summed E-state index contributed by atoms with van der Waals surface area (Å²) in [5.74, 6) is -0.457. The van der Waals surface area contributed by atoms with Gasteiger partial charge in [-0.15, -0.1) is 0 Å². The minimum absolute atomic E-state index is 0.172. The summed E-state index contributed by atoms with van der Waals surface area (Å²) in [5, 5.41) is 10.1. The standard InChI is InChI=1S/C19H24N4O2/c1-3-12-20-18(24)13(2)21-19(25)17-15-10-7-11-16(15)23(22-17)14-8-5-4-6-9-14/h4-6,8-9,13H,3,7,10-12H2,1-2H3,(H,20,24)(H,21,25)/t13-/m0/s1. The van der Waals surface area contributed by atoms with Gasteiger partial charge in [0.2, 0.25) is 5.91 Å². The van der Waals surface area contributed by atoms with Crippen molar-refractivity contribution < 1.29 is 9.59 Å². The van der Waals surface area contributed by atoms with Crippen LogP contribution in [0.25, 0.3) is 5.69 Å². The van der Waals surface area contributed by atoms with Gasteiger partial charge in [-0.2, -0.15) is 5.10 Å². The topological polar surface area (TPSA) is 76.0 Å². The molecule has 0 aliphatic heterocycles. The van der Waals surface area contributed by atoms with Gasteiger partial charge >= 0.3 is 0 Å². The van der Waals surface area contributed by atoms with Crippen LogP contribution < -0.4 is 10.6 Å². The Morgan fingerprint density at radius 1 is 1.24 bits per heavy atom. The number of hydrogen-bond acceptors (Lipinski definition) is 3. The van der Waals surface area contributed by atoms with E-state index in [0.29, 0.717) is 12.2 Å². The fourth-order valence-corrected chi connectivity index (χ4v) is 3.13. The van der Waals surface area contributed by atoms with Crippen molar-refractivity contribution in [3.05, 3.63) is 47.3 Å². The van der Waals surface area contributed by atoms with Gasteiger partial charge in [-0.05, 0) is 44.7 Å². The van der Waals surface area contributed by atoms with E-state index in [1.165, 1.54) is 0 Å². The molecule has 6 nitrogen and oxygen atoms in total. The third-order valence-electron chi connectivity index (χ3n) is 4.44. The average Bonchev–Trinajstić information content (AvgIpc) is 3.22. The maximum atomic E-state index is 12.7. The quantitative estimate of drug-likeness (QED) is 0.844. The monoisotopic (exact) mass is 340 g/mol. The van der Waals surface area contributed by atoms with Crippen LogP contribution in [0.4, 0.5) is 0 Å². The minimum Gasteiger partial charge on any atom is -0.354 e. The molecule has 1 aromatic carbocycles. The SMILES string of the molecule is CCCNC(=O)[C@H](C)NC(=O)c1nn(-c2ccccc2)c2c1CCC2. The van der Waals surface area contributed by atoms with Crippen LogP contribution in [0, 0.1) is 0 Å². The molecule has 6 heteroatoms. The van der Waals surface area contributed by atoms with Crippen molar-refractivity contribution in [1.29, 1.82) is 0 Å². The van der Waals surface area contributed by atoms with Crippen LogP contribution in [0.2, 0.25) is 0 Å². The van der Waals surface area contributed by atoms with Crippen molar-refractivity contribution in [3.63, 3.8) is 0 Å². The first-order valence-corrected chi connectivity index (χ1v) is 8.86. The zero-order valence-electron chi connectivity index (χ0n) is 14.7. The molecule has 2 amide bonds. The number of fused-ring (bicyclic) bond motifs is 1. The first-order chi connectivity index (χ1) is 12.1. The van der Waals surface area contributed by atoms with E-state index in [9.17, 15) is 9.59 Å². The molecule has 1 aliphatic carbocycles. The van der Waals surface area contributed by atoms with Gasteiger partial charge in [-0.3, -0.25) is 9.59 Å². The largest absolute Gasteiger partial charge is 0.354 e. The number of amides is 2. The minimum atomic E-state index is -0.585. The molecule has 0 saturated heterocycles. The van der Waals surface area contributed by atoms with Gasteiger partial charge in [0, 0.05) is 17.8 Å². The Kier molecular flexibility index (Phi) is 5.16. The molecular weight excluding hydrogens is 316 g/mol. The van der Waals surface area contributed by atoms with Gasteiger partial charge in [-0.1, -0.05) is 25.1 Å². The molecule has 1 aliphatic rings. The highest BCUT2D eigenvalue weighted by molar-refractivity contribution is 5.97. The van der Waals surface area contributed by atoms with Gasteiger partial charge in [0.15, 0.2) is 5.69 Å². The van der Waals surface area contributed by atoms with Crippen LogP contribution in [0.5, 0.6) is 0 Å². The van der Waals surface area contributed by atoms with E-state index in [-0.39, 0.29) is 11.8 Å². The van der Waals surface area contributed by atoms with E-state index in [4.69, 9.17) is 0 Å². The van der Waals surface area contributed by atoms with Crippen LogP contribution in [0.3, 0.4) is 0 Å². The van der Waals surface area contributed by atoms with E-state index in [2.05, 4.69) is 15.7 Å². The lowest BCUT2D eigenvalue weighted by molar-refractivity contribution is -0.122. The van der Waals surface area contributed by atoms with Crippen molar-refractivity contribution in [2.45, 2.75) is 45.6 Å². The molecule has 0 fully saturated rings. The molecule has 1 atom stereocenters. The number of rotatable bonds is 6. The highest BCUT2D eigenvalue weighted by Crippen LogP contribution is 2.27. The number of aromatic nitrogens is 2. The molecule has 0 bridgehead atoms. The Morgan fingerprint density at radius 2 is 2.00 bits per heavy atom. The van der Waals surface area contributed by atoms with E-state index < -0.39 is 6.04 Å². The second-order valence-corrected chi connectivity index (χ2v) is 6.36. The van der Waals surface area contributed by atoms with Crippen LogP contribution >= 0.6 is 0 Å². The Labute approximate surface area is 147 Å². The Morgan fingerprint density at radius 3 is 2.72 bits per heavy atom. The summed E-state index contributed by atoms with van der Waals surface area (Å²) < 4.78 is 1.86. The predicted octanol–water partition coefficient (Wildman–Crippen LogP) is 2.01. The molecule has 0 spiro atoms. The van der Waals surface area contributed by atoms with E-state index in [0.717, 1.165) is 42.6 Å². The van der Waals surface area contributed by atoms with E-state index in [1.807, 2.05) is 41.9 Å². The molecule has 0 radical (unpaired) electrons. The van der Waals surface area contributed by atoms with Crippen molar-refractivity contribution in [1.82, 2.24) is 20.4 Å². The summed E-state index contributed by atoms with van der Waals surface area (Å²) in [4.78, 5) is 24.6. The molecule has 3 rings (SSSR count). The molecule has 1 aromatic heterocycles. The maximum Gasteiger partial charge on any atom is 0.272 e. The molecule has 2 aromatic rings. The first kappa shape index (κ1) is 17.2. The van der Waals surface area contributed by atoms with Crippen LogP contribution in [0.15, 0.2) is 30.3 Å². The van der Waals surface area contributed by atoms with Crippen molar-refractivity contribution in [3.8, 4) is 5.69 Å². The predicted molar refractivity (Wildman–Crippen MR) is 95.8 cm³/mol. The highest BCUT2D eigenvalue weighted by atomic mass is 16.2. The van der Waals surface area contributed by atoms with Gasteiger partial charge < -0.3 is 10.6 Å². The van der Waals surface area contributed by atoms with Crippen LogP contribution in [-0.4, -0.2) is 34.2 Å². The summed E-state index contributed by atoms with van der Waals surface area (Å²) in [6.07, 6.45) is 3.65. The third-order valence-corrected chi connectivity index (χ3v) is 4.44. The molecule has 2 N–H and O–H groups in total. The molecule has 25 heavy (non-hydrogen) atoms. The molecular formula is C19H24N4O2. The maximum absolute atomic E-state index is 12.7. The van der Waals surface area contributed by atoms with Crippen molar-refractivity contribution >= 4 is 11.8 Å². The zero-order chi connectivity index (χ0) is 17.8. The first-order valence-electron chi connectivity index (χ1n) is 8.86. The van der Waals surface area contributed by atoms with Crippen molar-refractivity contribution in [2.75, 3.05) is 6.54 Å². The smallest absolute Gasteiger partial charge is 0.272 e. The summed E-state index contributed by atoms with van der Waals surface area (Å²) in [7, 11) is 0. The van der Waals surface area contributed by atoms with E-state index >= 15 is 0 Å². The molecule has 0 saturated carbocycles. The van der Waals surface area contributed by atoms with E-state index in [1.54, 1.807) is 6.92 Å². The van der Waals surface area contributed by atoms with Crippen molar-refractivity contribution in [2.24, 2.45) is 0 Å². The summed E-state index contributed by atoms with van der Waals surface area (Å²) in [6.45, 7) is 4.29. The van der Waals surface area contributed by atoms with Gasteiger partial charge in [-0.25, -0.2) is 4.68 Å². The lowest BCUT2D eigenvalue weighted by Crippen LogP contribution is -2.45. The lowest BCUT2D eigenvalue weighted by atomic mass is 10.2. The fraction of sp³-hybridized carbons (Fsp3) is 0.421. The van der Waals surface area contributed by atoms with Gasteiger partial charge in [0.05, 0.1) is 5.69 Å². The van der Waals surface area contributed by atoms with Crippen LogP contribution in [-0.2, 0) is 17.6 Å². The number of benzene rings is 1. The second-order valence-electron chi connectivity index (χ2n) is 6.36. The number of carbonyl (C=O) groups excluding carboxylic acids is 2. The fourth-order valence-electron chi connectivity index (χ4n) is 3.13. The number of nitrogens with zero attached hydrogens (tertiary/aromatic N) is 2. The molecule has 1 heterocycles. The number of nitrogens with one attached hydrogen (secondary N) is 2. The lowest BCUT2D eigenvalue weighted by Gasteiger charge is -2.13. The second kappa shape index (κ2) is 7.51. The average molecular weight is 340 g/mol. The molecule has 132 valence electrons. The zero-order valence-corrected chi connectivity index (χ0v) is 14.7. The van der Waals surface area contributed by atoms with Gasteiger partial charge in [0.25, 0.3) is 5.91 Å². The number of hydrogen-bond donors (Lipinski definition) is 2. The summed E-state index contributed by atoms with van der Waals surface area (Å²) in [5.41, 5.74) is 3.49. The molecule has 0 unspecified atom stereocenters. The Hall–Kier alpha value is -2.63. The summed E-state index contributed by atoms with van der Waals surface area (Å²) >= 11 is 0.